The van der Waals surface area contributed by atoms with E-state index in [1.165, 1.54) is 11.8 Å². The smallest absolute Gasteiger partial charge is 0.289 e. The van der Waals surface area contributed by atoms with Gasteiger partial charge in [-0.25, -0.2) is 5.43 Å². The molecule has 0 bridgehead atoms. The number of aromatic amines is 1. The molecule has 0 aliphatic rings. The number of hydrogen-bond donors (Lipinski definition) is 2. The van der Waals surface area contributed by atoms with Gasteiger partial charge in [0.15, 0.2) is 0 Å². The molecule has 3 rings (SSSR count). The Morgan fingerprint density at radius 1 is 1.13 bits per heavy atom. The number of nitrogens with one attached hydrogen (secondary N) is 2. The number of amides is 1. The highest BCUT2D eigenvalue weighted by atomic mass is 16.5. The van der Waals surface area contributed by atoms with Gasteiger partial charge in [0.2, 0.25) is 0 Å². The van der Waals surface area contributed by atoms with Crippen LogP contribution >= 0.6 is 0 Å². The fourth-order valence-corrected chi connectivity index (χ4v) is 3.03. The lowest BCUT2D eigenvalue weighted by molar-refractivity contribution is 0.0950. The van der Waals surface area contributed by atoms with E-state index in [4.69, 9.17) is 9.47 Å². The molecule has 0 aliphatic heterocycles. The summed E-state index contributed by atoms with van der Waals surface area (Å²) in [7, 11) is 3.15. The van der Waals surface area contributed by atoms with Crippen LogP contribution in [0.3, 0.4) is 0 Å². The average Bonchev–Trinajstić information content (AvgIpc) is 3.24. The Labute approximate surface area is 176 Å². The third-order valence-electron chi connectivity index (χ3n) is 4.52. The monoisotopic (exact) mass is 406 g/mol. The van der Waals surface area contributed by atoms with Crippen LogP contribution in [-0.2, 0) is 6.42 Å². The van der Waals surface area contributed by atoms with Crippen LogP contribution in [0.25, 0.3) is 11.3 Å². The molecular formula is C23H26N4O3. The molecule has 0 atom stereocenters. The zero-order valence-electron chi connectivity index (χ0n) is 17.6. The largest absolute Gasteiger partial charge is 0.497 e. The number of H-pyrrole nitrogens is 1. The number of methoxy groups -OCH3 is 2. The third kappa shape index (κ3) is 5.26. The molecule has 0 spiro atoms. The Morgan fingerprint density at radius 3 is 2.57 bits per heavy atom. The highest BCUT2D eigenvalue weighted by Crippen LogP contribution is 2.22. The molecule has 1 amide bonds. The van der Waals surface area contributed by atoms with E-state index in [0.29, 0.717) is 34.4 Å². The van der Waals surface area contributed by atoms with Gasteiger partial charge >= 0.3 is 0 Å². The maximum Gasteiger partial charge on any atom is 0.289 e. The summed E-state index contributed by atoms with van der Waals surface area (Å²) in [5.41, 5.74) is 6.44. The van der Waals surface area contributed by atoms with Crippen molar-refractivity contribution in [3.63, 3.8) is 0 Å². The van der Waals surface area contributed by atoms with Gasteiger partial charge in [-0.05, 0) is 42.2 Å². The minimum absolute atomic E-state index is 0.325. The minimum atomic E-state index is -0.386. The lowest BCUT2D eigenvalue weighted by Gasteiger charge is -2.06. The molecule has 3 aromatic rings. The van der Waals surface area contributed by atoms with Gasteiger partial charge < -0.3 is 9.47 Å². The molecule has 30 heavy (non-hydrogen) atoms. The zero-order chi connectivity index (χ0) is 21.5. The lowest BCUT2D eigenvalue weighted by atomic mass is 10.0. The Hall–Kier alpha value is -3.61. The van der Waals surface area contributed by atoms with Gasteiger partial charge in [-0.1, -0.05) is 38.1 Å². The maximum atomic E-state index is 12.4. The zero-order valence-corrected chi connectivity index (χ0v) is 17.6. The summed E-state index contributed by atoms with van der Waals surface area (Å²) in [6, 6.07) is 15.3. The summed E-state index contributed by atoms with van der Waals surface area (Å²) < 4.78 is 10.5. The summed E-state index contributed by atoms with van der Waals surface area (Å²) in [5.74, 6) is 1.51. The van der Waals surface area contributed by atoms with Crippen molar-refractivity contribution in [3.05, 3.63) is 65.4 Å². The normalized spacial score (nSPS) is 11.1. The average molecular weight is 406 g/mol. The molecule has 0 saturated carbocycles. The molecule has 1 heterocycles. The molecule has 0 radical (unpaired) electrons. The van der Waals surface area contributed by atoms with Crippen molar-refractivity contribution in [2.75, 3.05) is 14.2 Å². The first kappa shape index (κ1) is 21.1. The number of nitrogens with zero attached hydrogens (tertiary/aromatic N) is 2. The fourth-order valence-electron chi connectivity index (χ4n) is 3.03. The quantitative estimate of drug-likeness (QED) is 0.436. The Morgan fingerprint density at radius 2 is 1.90 bits per heavy atom. The minimum Gasteiger partial charge on any atom is -0.497 e. The van der Waals surface area contributed by atoms with Gasteiger partial charge in [0.25, 0.3) is 5.91 Å². The van der Waals surface area contributed by atoms with Crippen LogP contribution in [0.4, 0.5) is 0 Å². The standard InChI is InChI=1S/C23H26N4O3/c1-15(2)11-16-5-7-17(8-6-16)20-13-21(26-25-20)23(28)27-24-14-18-12-19(29-3)9-10-22(18)30-4/h5-10,12-15H,11H2,1-4H3,(H,25,26)(H,27,28)/b24-14-. The molecule has 0 unspecified atom stereocenters. The van der Waals surface area contributed by atoms with E-state index in [1.807, 2.05) is 12.1 Å². The highest BCUT2D eigenvalue weighted by Gasteiger charge is 2.11. The number of benzene rings is 2. The Kier molecular flexibility index (Phi) is 6.85. The molecule has 7 nitrogen and oxygen atoms in total. The van der Waals surface area contributed by atoms with E-state index in [9.17, 15) is 4.79 Å². The summed E-state index contributed by atoms with van der Waals surface area (Å²) in [6.45, 7) is 4.39. The first-order valence-electron chi connectivity index (χ1n) is 9.70. The first-order chi connectivity index (χ1) is 14.5. The number of ether oxygens (including phenoxy) is 2. The van der Waals surface area contributed by atoms with Gasteiger partial charge in [0.1, 0.15) is 17.2 Å². The molecule has 1 aromatic heterocycles. The Bertz CT molecular complexity index is 1020. The number of carbonyl (C=O) groups excluding carboxylic acids is 1. The van der Waals surface area contributed by atoms with E-state index < -0.39 is 0 Å². The van der Waals surface area contributed by atoms with Crippen molar-refractivity contribution >= 4 is 12.1 Å². The second kappa shape index (κ2) is 9.73. The van der Waals surface area contributed by atoms with Gasteiger partial charge in [0.05, 0.1) is 26.1 Å². The molecule has 2 aromatic carbocycles. The molecule has 0 fully saturated rings. The van der Waals surface area contributed by atoms with Crippen molar-refractivity contribution in [1.29, 1.82) is 0 Å². The lowest BCUT2D eigenvalue weighted by Crippen LogP contribution is -2.18. The molecule has 0 saturated heterocycles. The number of hydrazone groups is 1. The van der Waals surface area contributed by atoms with Crippen LogP contribution in [0.5, 0.6) is 11.5 Å². The topological polar surface area (TPSA) is 88.6 Å². The van der Waals surface area contributed by atoms with Gasteiger partial charge in [-0.2, -0.15) is 10.2 Å². The van der Waals surface area contributed by atoms with E-state index >= 15 is 0 Å². The van der Waals surface area contributed by atoms with Crippen LogP contribution in [0.15, 0.2) is 53.6 Å². The van der Waals surface area contributed by atoms with Gasteiger partial charge in [0, 0.05) is 11.1 Å². The SMILES string of the molecule is COc1ccc(OC)c(/C=N\NC(=O)c2cc(-c3ccc(CC(C)C)cc3)n[nH]2)c1. The number of rotatable bonds is 8. The van der Waals surface area contributed by atoms with Gasteiger partial charge in [-0.15, -0.1) is 0 Å². The van der Waals surface area contributed by atoms with Crippen LogP contribution in [0.1, 0.15) is 35.5 Å². The van der Waals surface area contributed by atoms with Crippen LogP contribution in [0.2, 0.25) is 0 Å². The first-order valence-corrected chi connectivity index (χ1v) is 9.70. The molecule has 7 heteroatoms. The van der Waals surface area contributed by atoms with Gasteiger partial charge in [-0.3, -0.25) is 9.89 Å². The second-order valence-electron chi connectivity index (χ2n) is 7.27. The third-order valence-corrected chi connectivity index (χ3v) is 4.52. The molecule has 0 aliphatic carbocycles. The van der Waals surface area contributed by atoms with E-state index in [1.54, 1.807) is 38.5 Å². The predicted molar refractivity (Wildman–Crippen MR) is 117 cm³/mol. The maximum absolute atomic E-state index is 12.4. The number of carbonyl (C=O) groups is 1. The fraction of sp³-hybridized carbons (Fsp3) is 0.261. The van der Waals surface area contributed by atoms with E-state index in [0.717, 1.165) is 12.0 Å². The summed E-state index contributed by atoms with van der Waals surface area (Å²) in [5, 5.41) is 11.0. The van der Waals surface area contributed by atoms with Crippen molar-refractivity contribution < 1.29 is 14.3 Å². The Balaban J connectivity index is 1.66. The number of hydrogen-bond acceptors (Lipinski definition) is 5. The molecule has 156 valence electrons. The second-order valence-corrected chi connectivity index (χ2v) is 7.27. The van der Waals surface area contributed by atoms with Crippen LogP contribution in [-0.4, -0.2) is 36.5 Å². The van der Waals surface area contributed by atoms with Crippen molar-refractivity contribution in [2.24, 2.45) is 11.0 Å². The van der Waals surface area contributed by atoms with Crippen molar-refractivity contribution in [1.82, 2.24) is 15.6 Å². The highest BCUT2D eigenvalue weighted by molar-refractivity contribution is 5.94. The van der Waals surface area contributed by atoms with E-state index in [-0.39, 0.29) is 5.91 Å². The summed E-state index contributed by atoms with van der Waals surface area (Å²) in [4.78, 5) is 12.4. The van der Waals surface area contributed by atoms with Crippen molar-refractivity contribution in [2.45, 2.75) is 20.3 Å². The summed E-state index contributed by atoms with van der Waals surface area (Å²) in [6.07, 6.45) is 2.54. The summed E-state index contributed by atoms with van der Waals surface area (Å²) >= 11 is 0. The number of aromatic nitrogens is 2. The molecular weight excluding hydrogens is 380 g/mol. The van der Waals surface area contributed by atoms with E-state index in [2.05, 4.69) is 46.7 Å². The molecule has 2 N–H and O–H groups in total. The van der Waals surface area contributed by atoms with Crippen LogP contribution < -0.4 is 14.9 Å². The van der Waals surface area contributed by atoms with Crippen LogP contribution in [0, 0.1) is 5.92 Å². The predicted octanol–water partition coefficient (Wildman–Crippen LogP) is 4.06. The van der Waals surface area contributed by atoms with Crippen molar-refractivity contribution in [3.8, 4) is 22.8 Å².